The van der Waals surface area contributed by atoms with Gasteiger partial charge < -0.3 is 119 Å². The van der Waals surface area contributed by atoms with Crippen LogP contribution in [0, 0.1) is 0 Å². The van der Waals surface area contributed by atoms with E-state index in [0.717, 1.165) is 29.2 Å². The molecular weight excluding hydrogens is 924 g/mol. The number of benzene rings is 2. The molecule has 0 radical (unpaired) electrons. The summed E-state index contributed by atoms with van der Waals surface area (Å²) >= 11 is 15.5. The zero-order valence-electron chi connectivity index (χ0n) is 25.0. The first-order valence-electron chi connectivity index (χ1n) is 9.95. The summed E-state index contributed by atoms with van der Waals surface area (Å²) in [6.07, 6.45) is 0. The molecule has 54 heavy (non-hydrogen) atoms. The Morgan fingerprint density at radius 3 is 0.463 bits per heavy atom. The summed E-state index contributed by atoms with van der Waals surface area (Å²) in [5.74, 6) is 0. The van der Waals surface area contributed by atoms with Crippen molar-refractivity contribution in [3.63, 3.8) is 0 Å². The van der Waals surface area contributed by atoms with Crippen molar-refractivity contribution < 1.29 is 183 Å². The quantitative estimate of drug-likeness (QED) is 0.0778. The summed E-state index contributed by atoms with van der Waals surface area (Å²) in [6, 6.07) is 11.2. The van der Waals surface area contributed by atoms with Crippen LogP contribution in [0.3, 0.4) is 0 Å². The molecular formula is C24H18Fe4N2O24. The van der Waals surface area contributed by atoms with Crippen LogP contribution in [0.4, 0.5) is 11.4 Å². The third kappa shape index (κ3) is 177. The standard InChI is InChI=1S/C12H6N2.12CHO2.4Fe/c1-3-7-11(8-4-1)13-14-12-9-5-2-6-10-12;12*2-1-3;;;;/h1-2,7-10H;12*(H,2,3);;;;/q;12*-1;4*+3. The average Bonchev–Trinajstić information content (AvgIpc) is 3.04. The Balaban J connectivity index is -0.0000000477. The molecule has 0 bridgehead atoms. The van der Waals surface area contributed by atoms with Crippen LogP contribution < -0.4 is 17.8 Å². The fraction of sp³-hybridized carbons (Fsp3) is 0. The maximum absolute atomic E-state index is 8.24. The molecule has 0 saturated carbocycles. The van der Waals surface area contributed by atoms with Gasteiger partial charge in [-0.1, -0.05) is 77.7 Å². The van der Waals surface area contributed by atoms with Crippen LogP contribution in [-0.4, -0.2) is 139 Å². The van der Waals surface area contributed by atoms with Gasteiger partial charge >= 0.3 is 140 Å². The van der Waals surface area contributed by atoms with Crippen molar-refractivity contribution in [2.75, 3.05) is 0 Å². The van der Waals surface area contributed by atoms with Gasteiger partial charge in [-0.2, -0.15) is 0 Å². The van der Waals surface area contributed by atoms with Crippen molar-refractivity contribution in [2.24, 2.45) is 10.2 Å². The summed E-state index contributed by atoms with van der Waals surface area (Å²) in [5.41, 5.74) is 1.49. The molecule has 0 amide bonds. The Labute approximate surface area is 335 Å². The Hall–Kier alpha value is -6.24. The van der Waals surface area contributed by atoms with Gasteiger partial charge in [-0.05, 0) is 0 Å². The Kier molecular flexibility index (Phi) is 139. The van der Waals surface area contributed by atoms with Crippen molar-refractivity contribution in [1.29, 1.82) is 0 Å². The molecule has 2 rings (SSSR count). The summed E-state index contributed by atoms with van der Waals surface area (Å²) in [5, 5.41) is 89.5. The predicted molar refractivity (Wildman–Crippen MR) is 155 cm³/mol. The van der Waals surface area contributed by atoms with Gasteiger partial charge in [-0.25, -0.2) is 0 Å². The zero-order chi connectivity index (χ0) is 45.6. The monoisotopic (exact) mass is 942 g/mol. The first-order valence-corrected chi connectivity index (χ1v) is 12.2. The number of hydrogen-bond donors (Lipinski definition) is 12. The van der Waals surface area contributed by atoms with Crippen LogP contribution >= 0.6 is 0 Å². The molecule has 0 saturated heterocycles. The SMILES string of the molecule is O=[C-]O.O=[C-]O.O=[C-]O.O=[C-]O.O=[C-]O.O=[C-]O.O=[C-]O.O=[C-]O.O=[C-]O.O=[C-]O.O=[C-]O.O=[C-]O.[Fe+3][c]1c[c]([Fe+3])cc(N=Nc2c[c]([Fe+3])c[c]([Fe+3])c2)c1. The molecule has 0 atom stereocenters. The predicted octanol–water partition coefficient (Wildman–Crippen LogP) is -3.87. The van der Waals surface area contributed by atoms with Crippen LogP contribution in [-0.2, 0) is 122 Å². The normalized spacial score (nSPS) is 6.30. The molecule has 0 spiro atoms. The van der Waals surface area contributed by atoms with Crippen molar-refractivity contribution in [3.8, 4) is 0 Å². The van der Waals surface area contributed by atoms with Gasteiger partial charge in [0.1, 0.15) is 0 Å². The van der Waals surface area contributed by atoms with E-state index < -0.39 is 0 Å². The van der Waals surface area contributed by atoms with Gasteiger partial charge in [0.05, 0.1) is 0 Å². The van der Waals surface area contributed by atoms with Crippen LogP contribution in [0.5, 0.6) is 0 Å². The van der Waals surface area contributed by atoms with Crippen LogP contribution in [0.2, 0.25) is 0 Å². The Morgan fingerprint density at radius 1 is 0.278 bits per heavy atom. The van der Waals surface area contributed by atoms with Gasteiger partial charge in [0.2, 0.25) is 0 Å². The van der Waals surface area contributed by atoms with Gasteiger partial charge in [0.25, 0.3) is 0 Å². The van der Waals surface area contributed by atoms with E-state index in [1.807, 2.05) is 36.4 Å². The number of rotatable bonds is 2. The molecule has 300 valence electrons. The van der Waals surface area contributed by atoms with E-state index in [-0.39, 0.29) is 0 Å². The van der Waals surface area contributed by atoms with Crippen LogP contribution in [0.1, 0.15) is 0 Å². The van der Waals surface area contributed by atoms with Crippen molar-refractivity contribution in [2.45, 2.75) is 0 Å². The van der Waals surface area contributed by atoms with Crippen molar-refractivity contribution in [1.82, 2.24) is 0 Å². The molecule has 0 fully saturated rings. The number of nitrogens with zero attached hydrogens (tertiary/aromatic N) is 2. The van der Waals surface area contributed by atoms with E-state index in [0.29, 0.717) is 77.7 Å². The van der Waals surface area contributed by atoms with E-state index in [1.165, 1.54) is 0 Å². The van der Waals surface area contributed by atoms with Gasteiger partial charge in [0.15, 0.2) is 0 Å². The van der Waals surface area contributed by atoms with E-state index in [1.54, 1.807) is 0 Å². The molecule has 30 heteroatoms. The number of hydrogen-bond acceptors (Lipinski definition) is 14. The molecule has 26 nitrogen and oxygen atoms in total. The average molecular weight is 942 g/mol. The van der Waals surface area contributed by atoms with E-state index in [9.17, 15) is 0 Å². The fourth-order valence-corrected chi connectivity index (χ4v) is 2.88. The topological polar surface area (TPSA) is 472 Å². The van der Waals surface area contributed by atoms with Crippen LogP contribution in [0.15, 0.2) is 46.6 Å². The zero-order valence-corrected chi connectivity index (χ0v) is 29.5. The second-order valence-electron chi connectivity index (χ2n) is 4.49. The first-order chi connectivity index (χ1) is 25.5. The van der Waals surface area contributed by atoms with Crippen molar-refractivity contribution >= 4 is 107 Å². The van der Waals surface area contributed by atoms with Gasteiger partial charge in [0, 0.05) is 0 Å². The number of aliphatic hydroxyl groups excluding tert-OH is 12. The molecule has 0 aliphatic heterocycles. The minimum atomic E-state index is 0.500. The Morgan fingerprint density at radius 2 is 0.370 bits per heavy atom. The van der Waals surface area contributed by atoms with E-state index in [4.69, 9.17) is 119 Å². The fourth-order valence-electron chi connectivity index (χ4n) is 1.28. The third-order valence-electron chi connectivity index (χ3n) is 1.95. The number of azo groups is 1. The van der Waals surface area contributed by atoms with Crippen LogP contribution in [0.25, 0.3) is 0 Å². The first kappa shape index (κ1) is 77.3. The molecule has 0 aliphatic rings. The molecule has 0 heterocycles. The second kappa shape index (κ2) is 97.1. The molecule has 12 N–H and O–H groups in total. The molecule has 2 aromatic rings. The summed E-state index contributed by atoms with van der Waals surface area (Å²) < 4.78 is 3.50. The molecule has 0 unspecified atom stereocenters. The third-order valence-corrected chi connectivity index (χ3v) is 3.22. The van der Waals surface area contributed by atoms with Crippen molar-refractivity contribution in [3.05, 3.63) is 36.4 Å². The minimum absolute atomic E-state index is 0.500. The van der Waals surface area contributed by atoms with Gasteiger partial charge in [-0.15, -0.1) is 0 Å². The molecule has 0 aromatic heterocycles. The summed E-state index contributed by atoms with van der Waals surface area (Å²) in [7, 11) is 0. The van der Waals surface area contributed by atoms with E-state index in [2.05, 4.69) is 74.3 Å². The molecule has 2 aromatic carbocycles. The molecule has 0 aliphatic carbocycles. The summed E-state index contributed by atoms with van der Waals surface area (Å²) in [6.45, 7) is 6.00. The maximum atomic E-state index is 8.24. The Bertz CT molecular complexity index is 970. The summed E-state index contributed by atoms with van der Waals surface area (Å²) in [4.78, 5) is 98.8. The van der Waals surface area contributed by atoms with E-state index >= 15 is 0 Å². The second-order valence-corrected chi connectivity index (χ2v) is 7.04. The van der Waals surface area contributed by atoms with Gasteiger partial charge in [-0.3, -0.25) is 0 Å².